The number of ether oxygens (including phenoxy) is 1. The van der Waals surface area contributed by atoms with E-state index in [0.29, 0.717) is 12.1 Å². The van der Waals surface area contributed by atoms with Crippen LogP contribution in [-0.4, -0.2) is 36.3 Å². The summed E-state index contributed by atoms with van der Waals surface area (Å²) in [6, 6.07) is 0.668. The molecule has 1 N–H and O–H groups in total. The Morgan fingerprint density at radius 3 is 2.81 bits per heavy atom. The molecule has 0 aromatic heterocycles. The summed E-state index contributed by atoms with van der Waals surface area (Å²) < 4.78 is 5.67. The van der Waals surface area contributed by atoms with Crippen LogP contribution in [0, 0.1) is 0 Å². The second kappa shape index (κ2) is 8.37. The Bertz CT molecular complexity index is 169. The minimum Gasteiger partial charge on any atom is -0.378 e. The Kier molecular flexibility index (Phi) is 7.50. The van der Waals surface area contributed by atoms with Crippen LogP contribution in [-0.2, 0) is 4.74 Å². The zero-order valence-corrected chi connectivity index (χ0v) is 11.8. The van der Waals surface area contributed by atoms with Gasteiger partial charge in [0, 0.05) is 18.4 Å². The van der Waals surface area contributed by atoms with Crippen LogP contribution in [0.5, 0.6) is 0 Å². The van der Waals surface area contributed by atoms with Gasteiger partial charge in [-0.3, -0.25) is 0 Å². The fraction of sp³-hybridized carbons (Fsp3) is 1.00. The normalized spacial score (nSPS) is 22.9. The molecule has 1 heterocycles. The van der Waals surface area contributed by atoms with Crippen LogP contribution >= 0.6 is 11.8 Å². The molecule has 0 radical (unpaired) electrons. The van der Waals surface area contributed by atoms with Gasteiger partial charge in [0.05, 0.1) is 6.10 Å². The summed E-state index contributed by atoms with van der Waals surface area (Å²) in [5, 5.41) is 4.33. The van der Waals surface area contributed by atoms with Crippen molar-refractivity contribution in [2.24, 2.45) is 0 Å². The average Bonchev–Trinajstić information content (AvgIpc) is 2.75. The molecule has 2 nitrogen and oxygen atoms in total. The van der Waals surface area contributed by atoms with Gasteiger partial charge in [0.15, 0.2) is 0 Å². The molecule has 1 saturated heterocycles. The number of nitrogens with one attached hydrogen (secondary N) is 1. The van der Waals surface area contributed by atoms with E-state index in [1.807, 2.05) is 0 Å². The molecule has 16 heavy (non-hydrogen) atoms. The first-order chi connectivity index (χ1) is 7.72. The maximum absolute atomic E-state index is 5.67. The average molecular weight is 245 g/mol. The van der Waals surface area contributed by atoms with Crippen LogP contribution in [0.1, 0.15) is 46.5 Å². The van der Waals surface area contributed by atoms with Gasteiger partial charge in [-0.15, -0.1) is 0 Å². The van der Waals surface area contributed by atoms with Gasteiger partial charge in [-0.1, -0.05) is 20.8 Å². The summed E-state index contributed by atoms with van der Waals surface area (Å²) in [6.45, 7) is 8.80. The van der Waals surface area contributed by atoms with Gasteiger partial charge in [-0.05, 0) is 37.5 Å². The molecular weight excluding hydrogens is 218 g/mol. The predicted octanol–water partition coefficient (Wildman–Crippen LogP) is 3.07. The van der Waals surface area contributed by atoms with Gasteiger partial charge in [0.25, 0.3) is 0 Å². The summed E-state index contributed by atoms with van der Waals surface area (Å²) >= 11 is 2.06. The Hall–Kier alpha value is 0.270. The quantitative estimate of drug-likeness (QED) is 0.710. The smallest absolute Gasteiger partial charge is 0.0576 e. The first-order valence-electron chi connectivity index (χ1n) is 6.69. The number of rotatable bonds is 8. The van der Waals surface area contributed by atoms with Gasteiger partial charge in [0.2, 0.25) is 0 Å². The molecule has 0 saturated carbocycles. The van der Waals surface area contributed by atoms with E-state index in [4.69, 9.17) is 4.74 Å². The maximum Gasteiger partial charge on any atom is 0.0576 e. The zero-order valence-electron chi connectivity index (χ0n) is 11.0. The third-order valence-corrected chi connectivity index (χ3v) is 4.25. The van der Waals surface area contributed by atoms with Crippen molar-refractivity contribution in [3.05, 3.63) is 0 Å². The van der Waals surface area contributed by atoms with Crippen molar-refractivity contribution in [2.45, 2.75) is 63.9 Å². The van der Waals surface area contributed by atoms with Gasteiger partial charge >= 0.3 is 0 Å². The zero-order chi connectivity index (χ0) is 11.8. The largest absolute Gasteiger partial charge is 0.378 e. The lowest BCUT2D eigenvalue weighted by molar-refractivity contribution is 0.100. The summed E-state index contributed by atoms with van der Waals surface area (Å²) in [5.41, 5.74) is 0. The van der Waals surface area contributed by atoms with E-state index in [-0.39, 0.29) is 0 Å². The van der Waals surface area contributed by atoms with E-state index in [1.54, 1.807) is 0 Å². The molecule has 0 amide bonds. The van der Waals surface area contributed by atoms with Crippen molar-refractivity contribution in [1.29, 1.82) is 0 Å². The second-order valence-corrected chi connectivity index (χ2v) is 6.46. The molecule has 0 aliphatic carbocycles. The summed E-state index contributed by atoms with van der Waals surface area (Å²) in [5.74, 6) is 1.23. The third kappa shape index (κ3) is 6.12. The molecule has 1 aliphatic heterocycles. The minimum absolute atomic E-state index is 0.546. The lowest BCUT2D eigenvalue weighted by Crippen LogP contribution is -2.32. The lowest BCUT2D eigenvalue weighted by Gasteiger charge is -2.20. The van der Waals surface area contributed by atoms with E-state index >= 15 is 0 Å². The van der Waals surface area contributed by atoms with Gasteiger partial charge < -0.3 is 10.1 Å². The third-order valence-electron chi connectivity index (χ3n) is 2.98. The van der Waals surface area contributed by atoms with Crippen LogP contribution in [0.25, 0.3) is 0 Å². The molecule has 0 spiro atoms. The fourth-order valence-electron chi connectivity index (χ4n) is 2.10. The molecule has 0 aromatic carbocycles. The van der Waals surface area contributed by atoms with Crippen molar-refractivity contribution >= 4 is 11.8 Å². The van der Waals surface area contributed by atoms with E-state index in [2.05, 4.69) is 37.8 Å². The number of thioether (sulfide) groups is 1. The van der Waals surface area contributed by atoms with Gasteiger partial charge in [-0.2, -0.15) is 11.8 Å². The van der Waals surface area contributed by atoms with Crippen molar-refractivity contribution < 1.29 is 4.74 Å². The molecule has 2 atom stereocenters. The molecule has 0 aromatic rings. The Morgan fingerprint density at radius 2 is 2.25 bits per heavy atom. The van der Waals surface area contributed by atoms with Crippen molar-refractivity contribution in [3.63, 3.8) is 0 Å². The Labute approximate surface area is 105 Å². The summed E-state index contributed by atoms with van der Waals surface area (Å²) in [6.07, 6.45) is 5.58. The standard InChI is InChI=1S/C13H27NOS/c1-4-14-12(10-16-11(2)3)7-8-13-6-5-9-15-13/h11-14H,4-10H2,1-3H3. The second-order valence-electron chi connectivity index (χ2n) is 4.85. The highest BCUT2D eigenvalue weighted by Gasteiger charge is 2.17. The predicted molar refractivity (Wildman–Crippen MR) is 73.3 cm³/mol. The maximum atomic E-state index is 5.67. The van der Waals surface area contributed by atoms with E-state index in [9.17, 15) is 0 Å². The Morgan fingerprint density at radius 1 is 1.44 bits per heavy atom. The molecule has 96 valence electrons. The SMILES string of the molecule is CCNC(CCC1CCCO1)CSC(C)C. The molecule has 2 unspecified atom stereocenters. The highest BCUT2D eigenvalue weighted by molar-refractivity contribution is 7.99. The van der Waals surface area contributed by atoms with Crippen LogP contribution in [0.4, 0.5) is 0 Å². The Balaban J connectivity index is 2.15. The van der Waals surface area contributed by atoms with Crippen LogP contribution < -0.4 is 5.32 Å². The van der Waals surface area contributed by atoms with Gasteiger partial charge in [-0.25, -0.2) is 0 Å². The molecule has 1 aliphatic rings. The van der Waals surface area contributed by atoms with Crippen molar-refractivity contribution in [1.82, 2.24) is 5.32 Å². The number of hydrogen-bond donors (Lipinski definition) is 1. The number of hydrogen-bond acceptors (Lipinski definition) is 3. The minimum atomic E-state index is 0.546. The molecule has 3 heteroatoms. The van der Waals surface area contributed by atoms with E-state index in [1.165, 1.54) is 31.4 Å². The van der Waals surface area contributed by atoms with Gasteiger partial charge in [0.1, 0.15) is 0 Å². The fourth-order valence-corrected chi connectivity index (χ4v) is 3.00. The van der Waals surface area contributed by atoms with Crippen molar-refractivity contribution in [3.8, 4) is 0 Å². The van der Waals surface area contributed by atoms with E-state index < -0.39 is 0 Å². The topological polar surface area (TPSA) is 21.3 Å². The van der Waals surface area contributed by atoms with Crippen LogP contribution in [0.2, 0.25) is 0 Å². The molecule has 1 rings (SSSR count). The molecular formula is C13H27NOS. The highest BCUT2D eigenvalue weighted by atomic mass is 32.2. The molecule has 1 fully saturated rings. The lowest BCUT2D eigenvalue weighted by atomic mass is 10.1. The monoisotopic (exact) mass is 245 g/mol. The highest BCUT2D eigenvalue weighted by Crippen LogP contribution is 2.19. The van der Waals surface area contributed by atoms with E-state index in [0.717, 1.165) is 18.4 Å². The summed E-state index contributed by atoms with van der Waals surface area (Å²) in [4.78, 5) is 0. The first-order valence-corrected chi connectivity index (χ1v) is 7.73. The summed E-state index contributed by atoms with van der Waals surface area (Å²) in [7, 11) is 0. The van der Waals surface area contributed by atoms with Crippen LogP contribution in [0.15, 0.2) is 0 Å². The molecule has 0 bridgehead atoms. The first kappa shape index (κ1) is 14.3. The van der Waals surface area contributed by atoms with Crippen molar-refractivity contribution in [2.75, 3.05) is 18.9 Å². The van der Waals surface area contributed by atoms with Crippen LogP contribution in [0.3, 0.4) is 0 Å².